The van der Waals surface area contributed by atoms with E-state index < -0.39 is 0 Å². The van der Waals surface area contributed by atoms with Gasteiger partial charge in [-0.25, -0.2) is 0 Å². The molecule has 0 nitrogen and oxygen atoms in total. The SMILES string of the molecule is CCC(C)(C)c1[c]cc(C(C)(C)CC)cc1. The van der Waals surface area contributed by atoms with Crippen molar-refractivity contribution in [2.24, 2.45) is 0 Å². The molecule has 1 aromatic rings. The van der Waals surface area contributed by atoms with Crippen molar-refractivity contribution in [2.45, 2.75) is 65.2 Å². The molecular formula is C16H25. The third kappa shape index (κ3) is 2.66. The zero-order valence-electron chi connectivity index (χ0n) is 11.6. The van der Waals surface area contributed by atoms with Gasteiger partial charge in [-0.15, -0.1) is 0 Å². The Kier molecular flexibility index (Phi) is 3.83. The van der Waals surface area contributed by atoms with Gasteiger partial charge in [-0.1, -0.05) is 59.7 Å². The van der Waals surface area contributed by atoms with E-state index in [1.54, 1.807) is 0 Å². The van der Waals surface area contributed by atoms with Crippen LogP contribution in [0, 0.1) is 6.07 Å². The predicted octanol–water partition coefficient (Wildman–Crippen LogP) is 4.86. The average molecular weight is 217 g/mol. The second-order valence-electron chi connectivity index (χ2n) is 5.97. The van der Waals surface area contributed by atoms with Crippen LogP contribution in [0.25, 0.3) is 0 Å². The van der Waals surface area contributed by atoms with Gasteiger partial charge in [0.2, 0.25) is 0 Å². The first-order chi connectivity index (χ1) is 7.33. The number of hydrogen-bond acceptors (Lipinski definition) is 0. The fourth-order valence-electron chi connectivity index (χ4n) is 1.66. The maximum Gasteiger partial charge on any atom is -0.0100 e. The maximum absolute atomic E-state index is 3.47. The topological polar surface area (TPSA) is 0 Å². The first kappa shape index (κ1) is 13.3. The maximum atomic E-state index is 3.47. The fraction of sp³-hybridized carbons (Fsp3) is 0.625. The lowest BCUT2D eigenvalue weighted by Gasteiger charge is -2.26. The third-order valence-electron chi connectivity index (χ3n) is 4.09. The molecule has 0 aliphatic rings. The van der Waals surface area contributed by atoms with Crippen LogP contribution in [-0.2, 0) is 10.8 Å². The Bertz CT molecular complexity index is 293. The normalized spacial score (nSPS) is 12.9. The van der Waals surface area contributed by atoms with Crippen LogP contribution >= 0.6 is 0 Å². The third-order valence-corrected chi connectivity index (χ3v) is 4.09. The van der Waals surface area contributed by atoms with Crippen molar-refractivity contribution in [3.8, 4) is 0 Å². The van der Waals surface area contributed by atoms with Crippen molar-refractivity contribution < 1.29 is 0 Å². The Morgan fingerprint density at radius 2 is 1.50 bits per heavy atom. The van der Waals surface area contributed by atoms with Gasteiger partial charge in [0.1, 0.15) is 0 Å². The summed E-state index contributed by atoms with van der Waals surface area (Å²) < 4.78 is 0. The van der Waals surface area contributed by atoms with Crippen LogP contribution in [0.1, 0.15) is 65.5 Å². The Balaban J connectivity index is 3.00. The van der Waals surface area contributed by atoms with Gasteiger partial charge in [0.15, 0.2) is 0 Å². The van der Waals surface area contributed by atoms with E-state index in [0.717, 1.165) is 12.8 Å². The van der Waals surface area contributed by atoms with Crippen molar-refractivity contribution in [3.05, 3.63) is 35.4 Å². The van der Waals surface area contributed by atoms with Crippen LogP contribution in [0.4, 0.5) is 0 Å². The van der Waals surface area contributed by atoms with Crippen molar-refractivity contribution in [1.29, 1.82) is 0 Å². The average Bonchev–Trinajstić information content (AvgIpc) is 2.29. The van der Waals surface area contributed by atoms with E-state index in [0.29, 0.717) is 0 Å². The summed E-state index contributed by atoms with van der Waals surface area (Å²) in [6.07, 6.45) is 2.32. The zero-order valence-corrected chi connectivity index (χ0v) is 11.6. The number of hydrogen-bond donors (Lipinski definition) is 0. The summed E-state index contributed by atoms with van der Waals surface area (Å²) in [5.41, 5.74) is 3.23. The van der Waals surface area contributed by atoms with Crippen molar-refractivity contribution in [3.63, 3.8) is 0 Å². The molecule has 16 heavy (non-hydrogen) atoms. The molecule has 1 rings (SSSR count). The van der Waals surface area contributed by atoms with Crippen LogP contribution in [0.3, 0.4) is 0 Å². The molecule has 0 fully saturated rings. The standard InChI is InChI=1S/C16H25/c1-7-15(3,4)13-9-11-14(12-10-13)16(5,6)8-2/h9-11H,7-8H2,1-6H3. The monoisotopic (exact) mass is 217 g/mol. The van der Waals surface area contributed by atoms with Gasteiger partial charge in [0, 0.05) is 0 Å². The number of benzene rings is 1. The Morgan fingerprint density at radius 3 is 1.88 bits per heavy atom. The van der Waals surface area contributed by atoms with Crippen LogP contribution in [0.2, 0.25) is 0 Å². The lowest BCUT2D eigenvalue weighted by atomic mass is 9.78. The summed E-state index contributed by atoms with van der Waals surface area (Å²) in [7, 11) is 0. The molecule has 89 valence electrons. The molecule has 0 heterocycles. The van der Waals surface area contributed by atoms with E-state index in [-0.39, 0.29) is 10.8 Å². The highest BCUT2D eigenvalue weighted by Gasteiger charge is 2.21. The molecule has 0 heteroatoms. The van der Waals surface area contributed by atoms with Gasteiger partial charge in [-0.3, -0.25) is 0 Å². The van der Waals surface area contributed by atoms with E-state index in [1.165, 1.54) is 11.1 Å². The minimum atomic E-state index is 0.245. The highest BCUT2D eigenvalue weighted by atomic mass is 14.3. The quantitative estimate of drug-likeness (QED) is 0.675. The van der Waals surface area contributed by atoms with Gasteiger partial charge in [-0.05, 0) is 40.9 Å². The molecule has 1 aromatic carbocycles. The Hall–Kier alpha value is -0.780. The second kappa shape index (κ2) is 4.61. The molecule has 0 saturated heterocycles. The van der Waals surface area contributed by atoms with E-state index in [9.17, 15) is 0 Å². The minimum absolute atomic E-state index is 0.245. The van der Waals surface area contributed by atoms with Gasteiger partial charge in [0.05, 0.1) is 0 Å². The first-order valence-electron chi connectivity index (χ1n) is 6.36. The van der Waals surface area contributed by atoms with Gasteiger partial charge in [-0.2, -0.15) is 0 Å². The molecule has 0 atom stereocenters. The van der Waals surface area contributed by atoms with Crippen molar-refractivity contribution >= 4 is 0 Å². The predicted molar refractivity (Wildman–Crippen MR) is 71.9 cm³/mol. The summed E-state index contributed by atoms with van der Waals surface area (Å²) in [5, 5.41) is 0. The molecule has 1 radical (unpaired) electrons. The Morgan fingerprint density at radius 1 is 0.938 bits per heavy atom. The van der Waals surface area contributed by atoms with Crippen LogP contribution in [0.15, 0.2) is 18.2 Å². The highest BCUT2D eigenvalue weighted by molar-refractivity contribution is 5.30. The van der Waals surface area contributed by atoms with Crippen LogP contribution in [0.5, 0.6) is 0 Å². The summed E-state index contributed by atoms with van der Waals surface area (Å²) >= 11 is 0. The molecule has 0 saturated carbocycles. The van der Waals surface area contributed by atoms with E-state index in [1.807, 2.05) is 0 Å². The van der Waals surface area contributed by atoms with Crippen molar-refractivity contribution in [2.75, 3.05) is 0 Å². The molecule has 0 unspecified atom stereocenters. The van der Waals surface area contributed by atoms with Crippen LogP contribution < -0.4 is 0 Å². The first-order valence-corrected chi connectivity index (χ1v) is 6.36. The van der Waals surface area contributed by atoms with Gasteiger partial charge in [0.25, 0.3) is 0 Å². The fourth-order valence-corrected chi connectivity index (χ4v) is 1.66. The highest BCUT2D eigenvalue weighted by Crippen LogP contribution is 2.30. The minimum Gasteiger partial charge on any atom is -0.0646 e. The molecule has 0 aromatic heterocycles. The molecule has 0 bridgehead atoms. The van der Waals surface area contributed by atoms with Gasteiger partial charge >= 0.3 is 0 Å². The summed E-state index contributed by atoms with van der Waals surface area (Å²) in [6.45, 7) is 13.6. The molecule has 0 aliphatic carbocycles. The summed E-state index contributed by atoms with van der Waals surface area (Å²) in [4.78, 5) is 0. The van der Waals surface area contributed by atoms with Gasteiger partial charge < -0.3 is 0 Å². The summed E-state index contributed by atoms with van der Waals surface area (Å²) in [5.74, 6) is 0. The summed E-state index contributed by atoms with van der Waals surface area (Å²) in [6, 6.07) is 10.2. The smallest absolute Gasteiger partial charge is 0.0100 e. The zero-order chi connectivity index (χ0) is 12.4. The molecule has 0 spiro atoms. The van der Waals surface area contributed by atoms with E-state index >= 15 is 0 Å². The Labute approximate surface area is 101 Å². The molecule has 0 aliphatic heterocycles. The molecule has 0 N–H and O–H groups in total. The lowest BCUT2D eigenvalue weighted by Crippen LogP contribution is -2.18. The lowest BCUT2D eigenvalue weighted by molar-refractivity contribution is 0.495. The molecular weight excluding hydrogens is 192 g/mol. The largest absolute Gasteiger partial charge is 0.0646 e. The van der Waals surface area contributed by atoms with Crippen molar-refractivity contribution in [1.82, 2.24) is 0 Å². The second-order valence-corrected chi connectivity index (χ2v) is 5.97. The van der Waals surface area contributed by atoms with Crippen LogP contribution in [-0.4, -0.2) is 0 Å². The number of rotatable bonds is 4. The van der Waals surface area contributed by atoms with E-state index in [2.05, 4.69) is 65.8 Å². The molecule has 0 amide bonds. The van der Waals surface area contributed by atoms with E-state index in [4.69, 9.17) is 0 Å².